The maximum absolute atomic E-state index is 13.5. The van der Waals surface area contributed by atoms with Gasteiger partial charge in [-0.2, -0.15) is 0 Å². The molecule has 126 valence electrons. The Hall–Kier alpha value is -2.83. The molecule has 0 unspecified atom stereocenters. The second-order valence-corrected chi connectivity index (χ2v) is 5.33. The molecule has 0 spiro atoms. The number of anilines is 1. The Labute approximate surface area is 136 Å². The summed E-state index contributed by atoms with van der Waals surface area (Å²) in [5.74, 6) is -6.26. The molecule has 0 radical (unpaired) electrons. The third kappa shape index (κ3) is 4.13. The molecule has 0 aliphatic heterocycles. The van der Waals surface area contributed by atoms with Crippen LogP contribution in [0.1, 0.15) is 21.5 Å². The van der Waals surface area contributed by atoms with E-state index in [1.807, 2.05) is 19.9 Å². The number of carbonyl (C=O) groups is 2. The SMILES string of the molecule is Cc1cc(C)cc(NC(=O)CNC(=O)c2ccc(F)c(F)c2F)c1. The predicted octanol–water partition coefficient (Wildman–Crippen LogP) is 3.09. The molecule has 0 bridgehead atoms. The fourth-order valence-corrected chi connectivity index (χ4v) is 2.21. The lowest BCUT2D eigenvalue weighted by molar-refractivity contribution is -0.115. The van der Waals surface area contributed by atoms with Gasteiger partial charge in [0.05, 0.1) is 12.1 Å². The van der Waals surface area contributed by atoms with Gasteiger partial charge < -0.3 is 10.6 Å². The van der Waals surface area contributed by atoms with E-state index in [9.17, 15) is 22.8 Å². The van der Waals surface area contributed by atoms with Crippen LogP contribution in [-0.4, -0.2) is 18.4 Å². The van der Waals surface area contributed by atoms with Crippen molar-refractivity contribution in [3.05, 3.63) is 64.5 Å². The fourth-order valence-electron chi connectivity index (χ4n) is 2.21. The quantitative estimate of drug-likeness (QED) is 0.843. The lowest BCUT2D eigenvalue weighted by Gasteiger charge is -2.09. The second kappa shape index (κ2) is 7.16. The standard InChI is InChI=1S/C17H15F3N2O2/c1-9-5-10(2)7-11(6-9)22-14(23)8-21-17(24)12-3-4-13(18)16(20)15(12)19/h3-7H,8H2,1-2H3,(H,21,24)(H,22,23). The lowest BCUT2D eigenvalue weighted by atomic mass is 10.1. The van der Waals surface area contributed by atoms with E-state index in [1.54, 1.807) is 12.1 Å². The predicted molar refractivity (Wildman–Crippen MR) is 83.2 cm³/mol. The zero-order chi connectivity index (χ0) is 17.9. The molecule has 0 aromatic heterocycles. The number of benzene rings is 2. The van der Waals surface area contributed by atoms with Crippen molar-refractivity contribution in [3.63, 3.8) is 0 Å². The molecule has 2 aromatic carbocycles. The maximum Gasteiger partial charge on any atom is 0.254 e. The van der Waals surface area contributed by atoms with Crippen LogP contribution in [0.15, 0.2) is 30.3 Å². The molecule has 0 fully saturated rings. The number of hydrogen-bond donors (Lipinski definition) is 2. The number of amides is 2. The van der Waals surface area contributed by atoms with E-state index in [-0.39, 0.29) is 0 Å². The minimum absolute atomic E-state index is 0.440. The van der Waals surface area contributed by atoms with E-state index in [0.29, 0.717) is 11.8 Å². The Bertz CT molecular complexity index is 786. The van der Waals surface area contributed by atoms with E-state index in [4.69, 9.17) is 0 Å². The van der Waals surface area contributed by atoms with Gasteiger partial charge in [-0.15, -0.1) is 0 Å². The molecule has 4 nitrogen and oxygen atoms in total. The van der Waals surface area contributed by atoms with Crippen molar-refractivity contribution >= 4 is 17.5 Å². The topological polar surface area (TPSA) is 58.2 Å². The Kier molecular flexibility index (Phi) is 5.23. The number of hydrogen-bond acceptors (Lipinski definition) is 2. The number of aryl methyl sites for hydroxylation is 2. The van der Waals surface area contributed by atoms with Crippen LogP contribution in [0.25, 0.3) is 0 Å². The van der Waals surface area contributed by atoms with Gasteiger partial charge in [-0.05, 0) is 49.2 Å². The minimum Gasteiger partial charge on any atom is -0.343 e. The van der Waals surface area contributed by atoms with E-state index >= 15 is 0 Å². The summed E-state index contributed by atoms with van der Waals surface area (Å²) in [6.07, 6.45) is 0. The van der Waals surface area contributed by atoms with E-state index < -0.39 is 41.4 Å². The van der Waals surface area contributed by atoms with Gasteiger partial charge in [0.15, 0.2) is 17.5 Å². The molecular weight excluding hydrogens is 321 g/mol. The van der Waals surface area contributed by atoms with Gasteiger partial charge in [0, 0.05) is 5.69 Å². The number of rotatable bonds is 4. The smallest absolute Gasteiger partial charge is 0.254 e. The van der Waals surface area contributed by atoms with Gasteiger partial charge in [0.25, 0.3) is 5.91 Å². The van der Waals surface area contributed by atoms with Gasteiger partial charge >= 0.3 is 0 Å². The summed E-state index contributed by atoms with van der Waals surface area (Å²) < 4.78 is 39.4. The molecule has 0 aliphatic rings. The molecule has 2 amide bonds. The van der Waals surface area contributed by atoms with E-state index in [2.05, 4.69) is 10.6 Å². The summed E-state index contributed by atoms with van der Waals surface area (Å²) in [7, 11) is 0. The first-order valence-corrected chi connectivity index (χ1v) is 7.08. The first-order chi connectivity index (χ1) is 11.3. The van der Waals surface area contributed by atoms with Gasteiger partial charge in [0.2, 0.25) is 5.91 Å². The van der Waals surface area contributed by atoms with Crippen LogP contribution >= 0.6 is 0 Å². The monoisotopic (exact) mass is 336 g/mol. The summed E-state index contributed by atoms with van der Waals surface area (Å²) in [5.41, 5.74) is 1.80. The van der Waals surface area contributed by atoms with Crippen LogP contribution in [0.4, 0.5) is 18.9 Å². The molecule has 0 saturated heterocycles. The number of nitrogens with one attached hydrogen (secondary N) is 2. The normalized spacial score (nSPS) is 10.4. The van der Waals surface area contributed by atoms with Crippen LogP contribution in [-0.2, 0) is 4.79 Å². The molecule has 24 heavy (non-hydrogen) atoms. The minimum atomic E-state index is -1.73. The largest absolute Gasteiger partial charge is 0.343 e. The Morgan fingerprint density at radius 2 is 1.58 bits per heavy atom. The first-order valence-electron chi connectivity index (χ1n) is 7.08. The van der Waals surface area contributed by atoms with Crippen LogP contribution in [0.5, 0.6) is 0 Å². The van der Waals surface area contributed by atoms with Crippen molar-refractivity contribution in [3.8, 4) is 0 Å². The van der Waals surface area contributed by atoms with Crippen molar-refractivity contribution in [1.29, 1.82) is 0 Å². The van der Waals surface area contributed by atoms with Crippen LogP contribution in [0.3, 0.4) is 0 Å². The molecule has 7 heteroatoms. The van der Waals surface area contributed by atoms with Gasteiger partial charge in [0.1, 0.15) is 0 Å². The van der Waals surface area contributed by atoms with Gasteiger partial charge in [-0.3, -0.25) is 9.59 Å². The lowest BCUT2D eigenvalue weighted by Crippen LogP contribution is -2.33. The average Bonchev–Trinajstić information content (AvgIpc) is 2.49. The highest BCUT2D eigenvalue weighted by Crippen LogP contribution is 2.15. The van der Waals surface area contributed by atoms with Crippen molar-refractivity contribution in [2.75, 3.05) is 11.9 Å². The number of halogens is 3. The molecule has 0 aliphatic carbocycles. The molecule has 0 heterocycles. The van der Waals surface area contributed by atoms with Crippen molar-refractivity contribution in [2.24, 2.45) is 0 Å². The third-order valence-electron chi connectivity index (χ3n) is 3.19. The summed E-state index contributed by atoms with van der Waals surface area (Å²) in [4.78, 5) is 23.6. The van der Waals surface area contributed by atoms with Crippen molar-refractivity contribution in [1.82, 2.24) is 5.32 Å². The van der Waals surface area contributed by atoms with Crippen LogP contribution < -0.4 is 10.6 Å². The highest BCUT2D eigenvalue weighted by atomic mass is 19.2. The third-order valence-corrected chi connectivity index (χ3v) is 3.19. The highest BCUT2D eigenvalue weighted by molar-refractivity contribution is 5.99. The van der Waals surface area contributed by atoms with Crippen LogP contribution in [0, 0.1) is 31.3 Å². The number of carbonyl (C=O) groups excluding carboxylic acids is 2. The second-order valence-electron chi connectivity index (χ2n) is 5.33. The molecule has 2 aromatic rings. The molecule has 0 atom stereocenters. The molecular formula is C17H15F3N2O2. The summed E-state index contributed by atoms with van der Waals surface area (Å²) in [5, 5.41) is 4.74. The molecule has 2 N–H and O–H groups in total. The van der Waals surface area contributed by atoms with Gasteiger partial charge in [-0.25, -0.2) is 13.2 Å². The van der Waals surface area contributed by atoms with Gasteiger partial charge in [-0.1, -0.05) is 6.07 Å². The zero-order valence-corrected chi connectivity index (χ0v) is 13.0. The molecule has 0 saturated carbocycles. The van der Waals surface area contributed by atoms with Crippen molar-refractivity contribution < 1.29 is 22.8 Å². The fraction of sp³-hybridized carbons (Fsp3) is 0.176. The zero-order valence-electron chi connectivity index (χ0n) is 13.0. The Morgan fingerprint density at radius 3 is 2.21 bits per heavy atom. The summed E-state index contributed by atoms with van der Waals surface area (Å²) in [6.45, 7) is 3.30. The molecule has 2 rings (SSSR count). The maximum atomic E-state index is 13.5. The van der Waals surface area contributed by atoms with E-state index in [0.717, 1.165) is 17.2 Å². The van der Waals surface area contributed by atoms with E-state index in [1.165, 1.54) is 0 Å². The Morgan fingerprint density at radius 1 is 0.958 bits per heavy atom. The summed E-state index contributed by atoms with van der Waals surface area (Å²) >= 11 is 0. The first kappa shape index (κ1) is 17.5. The van der Waals surface area contributed by atoms with Crippen LogP contribution in [0.2, 0.25) is 0 Å². The average molecular weight is 336 g/mol. The highest BCUT2D eigenvalue weighted by Gasteiger charge is 2.19. The Balaban J connectivity index is 1.99. The summed E-state index contributed by atoms with van der Waals surface area (Å²) in [6, 6.07) is 6.89. The van der Waals surface area contributed by atoms with Crippen molar-refractivity contribution in [2.45, 2.75) is 13.8 Å².